The van der Waals surface area contributed by atoms with Gasteiger partial charge in [0.2, 0.25) is 5.91 Å². The first-order chi connectivity index (χ1) is 18.4. The van der Waals surface area contributed by atoms with E-state index in [1.54, 1.807) is 72.2 Å². The van der Waals surface area contributed by atoms with Crippen molar-refractivity contribution >= 4 is 22.0 Å². The van der Waals surface area contributed by atoms with E-state index < -0.39 is 39.9 Å². The van der Waals surface area contributed by atoms with Crippen molar-refractivity contribution in [3.63, 3.8) is 0 Å². The molecule has 39 heavy (non-hydrogen) atoms. The van der Waals surface area contributed by atoms with E-state index in [4.69, 9.17) is 13.7 Å². The average molecular weight is 558 g/mol. The summed E-state index contributed by atoms with van der Waals surface area (Å²) in [5.41, 5.74) is 0.262. The van der Waals surface area contributed by atoms with Crippen LogP contribution in [0, 0.1) is 11.3 Å². The Labute approximate surface area is 227 Å². The summed E-state index contributed by atoms with van der Waals surface area (Å²) in [6.07, 6.45) is -1.18. The number of nitriles is 1. The lowest BCUT2D eigenvalue weighted by Crippen LogP contribution is -2.59. The number of ether oxygens (including phenoxy) is 2. The molecular weight excluding hydrogens is 526 g/mol. The van der Waals surface area contributed by atoms with Crippen molar-refractivity contribution in [1.29, 1.82) is 5.26 Å². The second kappa shape index (κ2) is 11.3. The van der Waals surface area contributed by atoms with Gasteiger partial charge in [-0.2, -0.15) is 13.7 Å². The minimum Gasteiger partial charge on any atom is -0.485 e. The molecule has 1 N–H and O–H groups in total. The van der Waals surface area contributed by atoms with Gasteiger partial charge in [0.1, 0.15) is 30.2 Å². The van der Waals surface area contributed by atoms with E-state index in [9.17, 15) is 28.4 Å². The van der Waals surface area contributed by atoms with Gasteiger partial charge in [0, 0.05) is 25.2 Å². The molecule has 11 nitrogen and oxygen atoms in total. The predicted octanol–water partition coefficient (Wildman–Crippen LogP) is 1.48. The van der Waals surface area contributed by atoms with Crippen molar-refractivity contribution in [3.05, 3.63) is 65.2 Å². The summed E-state index contributed by atoms with van der Waals surface area (Å²) in [4.78, 5) is 29.0. The summed E-state index contributed by atoms with van der Waals surface area (Å²) in [7, 11) is -3.88. The first kappa shape index (κ1) is 28.5. The van der Waals surface area contributed by atoms with Crippen molar-refractivity contribution in [2.24, 2.45) is 0 Å². The highest BCUT2D eigenvalue weighted by molar-refractivity contribution is 7.86. The lowest BCUT2D eigenvalue weighted by molar-refractivity contribution is -0.151. The molecule has 0 aliphatic carbocycles. The molecule has 1 saturated heterocycles. The molecule has 0 radical (unpaired) electrons. The van der Waals surface area contributed by atoms with Crippen LogP contribution in [0.15, 0.2) is 48.5 Å². The van der Waals surface area contributed by atoms with Gasteiger partial charge in [0.15, 0.2) is 0 Å². The number of rotatable bonds is 8. The maximum absolute atomic E-state index is 13.4. The Balaban J connectivity index is 1.47. The number of hydrogen-bond donors (Lipinski definition) is 1. The third-order valence-corrected chi connectivity index (χ3v) is 7.32. The third kappa shape index (κ3) is 6.75. The fourth-order valence-electron chi connectivity index (χ4n) is 4.83. The van der Waals surface area contributed by atoms with E-state index in [1.165, 1.54) is 0 Å². The summed E-state index contributed by atoms with van der Waals surface area (Å²) >= 11 is 0. The van der Waals surface area contributed by atoms with Gasteiger partial charge in [0.25, 0.3) is 10.1 Å². The fourth-order valence-corrected chi connectivity index (χ4v) is 5.44. The van der Waals surface area contributed by atoms with Gasteiger partial charge in [-0.25, -0.2) is 4.79 Å². The van der Waals surface area contributed by atoms with Crippen LogP contribution in [0.5, 0.6) is 5.75 Å². The summed E-state index contributed by atoms with van der Waals surface area (Å²) in [5, 5.41) is 20.6. The van der Waals surface area contributed by atoms with Gasteiger partial charge in [-0.05, 0) is 44.2 Å². The van der Waals surface area contributed by atoms with Crippen molar-refractivity contribution in [3.8, 4) is 11.8 Å². The second-order valence-electron chi connectivity index (χ2n) is 10.2. The average Bonchev–Trinajstić information content (AvgIpc) is 2.88. The zero-order chi connectivity index (χ0) is 28.4. The van der Waals surface area contributed by atoms with Crippen LogP contribution >= 0.6 is 0 Å². The van der Waals surface area contributed by atoms with Crippen LogP contribution in [0.25, 0.3) is 0 Å². The number of fused-ring (bicyclic) bond motifs is 1. The van der Waals surface area contributed by atoms with E-state index in [-0.39, 0.29) is 32.1 Å². The number of amides is 1. The molecular formula is C27H31N3O8S. The largest absolute Gasteiger partial charge is 0.485 e. The van der Waals surface area contributed by atoms with E-state index in [2.05, 4.69) is 6.07 Å². The summed E-state index contributed by atoms with van der Waals surface area (Å²) < 4.78 is 40.2. The first-order valence-electron chi connectivity index (χ1n) is 12.4. The van der Waals surface area contributed by atoms with E-state index in [0.29, 0.717) is 29.0 Å². The molecule has 2 aromatic carbocycles. The molecule has 1 unspecified atom stereocenters. The Morgan fingerprint density at radius 2 is 1.95 bits per heavy atom. The van der Waals surface area contributed by atoms with Gasteiger partial charge >= 0.3 is 5.97 Å². The minimum atomic E-state index is -3.88. The van der Waals surface area contributed by atoms with Crippen molar-refractivity contribution in [2.45, 2.75) is 37.7 Å². The second-order valence-corrected chi connectivity index (χ2v) is 11.8. The highest BCUT2D eigenvalue weighted by atomic mass is 32.2. The SMILES string of the molecule is CC1(C)Oc2ccc(C#N)cc2[C@@H](N2CCN(CC(COC(=O)c3ccccc3)OS(C)(=O)=O)CC2=O)[C@@H]1O. The number of nitrogens with zero attached hydrogens (tertiary/aromatic N) is 3. The Morgan fingerprint density at radius 3 is 2.59 bits per heavy atom. The van der Waals surface area contributed by atoms with E-state index in [0.717, 1.165) is 6.26 Å². The number of carbonyl (C=O) groups excluding carboxylic acids is 2. The quantitative estimate of drug-likeness (QED) is 0.374. The van der Waals surface area contributed by atoms with E-state index in [1.807, 2.05) is 0 Å². The smallest absolute Gasteiger partial charge is 0.338 e. The van der Waals surface area contributed by atoms with Gasteiger partial charge in [-0.1, -0.05) is 18.2 Å². The molecule has 2 aromatic rings. The number of carbonyl (C=O) groups is 2. The molecule has 3 atom stereocenters. The molecule has 0 aromatic heterocycles. The number of aliphatic hydroxyl groups excluding tert-OH is 1. The van der Waals surface area contributed by atoms with Crippen molar-refractivity contribution in [1.82, 2.24) is 9.80 Å². The minimum absolute atomic E-state index is 0.0196. The molecule has 1 amide bonds. The summed E-state index contributed by atoms with van der Waals surface area (Å²) in [6, 6.07) is 14.5. The van der Waals surface area contributed by atoms with Crippen LogP contribution in [0.4, 0.5) is 0 Å². The van der Waals surface area contributed by atoms with Crippen LogP contribution in [0.2, 0.25) is 0 Å². The van der Waals surface area contributed by atoms with Gasteiger partial charge < -0.3 is 19.5 Å². The lowest BCUT2D eigenvalue weighted by atomic mass is 9.84. The van der Waals surface area contributed by atoms with Gasteiger partial charge in [0.05, 0.1) is 36.0 Å². The Morgan fingerprint density at radius 1 is 1.23 bits per heavy atom. The number of benzene rings is 2. The zero-order valence-corrected chi connectivity index (χ0v) is 22.8. The highest BCUT2D eigenvalue weighted by Gasteiger charge is 2.47. The first-order valence-corrected chi connectivity index (χ1v) is 14.2. The summed E-state index contributed by atoms with van der Waals surface area (Å²) in [5.74, 6) is -0.424. The zero-order valence-electron chi connectivity index (χ0n) is 21.9. The maximum atomic E-state index is 13.4. The molecule has 2 heterocycles. The standard InChI is InChI=1S/C27H31N3O8S/c1-27(2)25(32)24(21-13-18(14-28)9-10-22(21)37-27)30-12-11-29(16-23(30)31)15-20(38-39(3,34)35)17-36-26(33)19-7-5-4-6-8-19/h4-10,13,20,24-25,32H,11-12,15-17H2,1-3H3/t20?,24-,25+/m1/s1. The highest BCUT2D eigenvalue weighted by Crippen LogP contribution is 2.43. The number of aliphatic hydroxyl groups is 1. The van der Waals surface area contributed by atoms with Gasteiger partial charge in [-0.3, -0.25) is 13.9 Å². The van der Waals surface area contributed by atoms with Crippen molar-refractivity contribution < 1.29 is 36.8 Å². The Bertz CT molecular complexity index is 1370. The van der Waals surface area contributed by atoms with E-state index >= 15 is 0 Å². The molecule has 0 saturated carbocycles. The Hall–Kier alpha value is -3.50. The van der Waals surface area contributed by atoms with Crippen molar-refractivity contribution in [2.75, 3.05) is 39.0 Å². The van der Waals surface area contributed by atoms with Gasteiger partial charge in [-0.15, -0.1) is 0 Å². The van der Waals surface area contributed by atoms with Crippen LogP contribution < -0.4 is 4.74 Å². The Kier molecular flexibility index (Phi) is 8.27. The number of hydrogen-bond acceptors (Lipinski definition) is 10. The molecule has 2 aliphatic rings. The number of piperazine rings is 1. The van der Waals surface area contributed by atoms with Crippen LogP contribution in [0.3, 0.4) is 0 Å². The van der Waals surface area contributed by atoms with Crippen LogP contribution in [0.1, 0.15) is 41.4 Å². The molecule has 0 bridgehead atoms. The molecule has 1 fully saturated rings. The maximum Gasteiger partial charge on any atom is 0.338 e. The topological polar surface area (TPSA) is 146 Å². The molecule has 2 aliphatic heterocycles. The normalized spacial score (nSPS) is 21.8. The molecule has 208 valence electrons. The monoisotopic (exact) mass is 557 g/mol. The third-order valence-electron chi connectivity index (χ3n) is 6.70. The lowest BCUT2D eigenvalue weighted by Gasteiger charge is -2.48. The molecule has 12 heteroatoms. The number of esters is 1. The predicted molar refractivity (Wildman–Crippen MR) is 139 cm³/mol. The van der Waals surface area contributed by atoms with Crippen LogP contribution in [-0.2, 0) is 23.8 Å². The molecule has 0 spiro atoms. The molecule has 4 rings (SSSR count). The fraction of sp³-hybridized carbons (Fsp3) is 0.444. The van der Waals surface area contributed by atoms with Crippen LogP contribution in [-0.4, -0.2) is 92.1 Å². The summed E-state index contributed by atoms with van der Waals surface area (Å²) in [6.45, 7) is 3.65.